The van der Waals surface area contributed by atoms with Gasteiger partial charge in [-0.15, -0.1) is 0 Å². The summed E-state index contributed by atoms with van der Waals surface area (Å²) in [7, 11) is -7.41. The molecule has 0 radical (unpaired) electrons. The van der Waals surface area contributed by atoms with E-state index in [4.69, 9.17) is 15.2 Å². The molecule has 2 fully saturated rings. The standard InChI is InChI=1S/C52H64N4O8S2/c1-33-10-18-42-43(49(33)57)29-46(36-20-24-55(25-21-36)65(59,60)40-16-13-39(14-17-40)51(3,4)5)63-48(42)31-54-52(32-53)45-19-11-34(2)50(58)44(45)30-47(64-52)37-22-26-56(27-23-37)66(61,62)41-15-12-35-8-6-7-9-38(35)28-41/h6-19,28,36-37,46-48,54,57-58H,20-27,29-32,53H2,1-5H3/t46-,47?,48-,52?/m0/s1. The predicted molar refractivity (Wildman–Crippen MR) is 256 cm³/mol. The molecule has 0 bridgehead atoms. The van der Waals surface area contributed by atoms with Crippen molar-refractivity contribution in [1.82, 2.24) is 13.9 Å². The number of hydrogen-bond acceptors (Lipinski definition) is 10. The lowest BCUT2D eigenvalue weighted by Gasteiger charge is -2.47. The van der Waals surface area contributed by atoms with Crippen molar-refractivity contribution in [3.05, 3.63) is 130 Å². The summed E-state index contributed by atoms with van der Waals surface area (Å²) >= 11 is 0. The van der Waals surface area contributed by atoms with Gasteiger partial charge in [0.2, 0.25) is 20.0 Å². The van der Waals surface area contributed by atoms with Gasteiger partial charge in [-0.2, -0.15) is 8.61 Å². The van der Waals surface area contributed by atoms with Crippen LogP contribution in [0, 0.1) is 25.7 Å². The van der Waals surface area contributed by atoms with E-state index >= 15 is 0 Å². The maximum Gasteiger partial charge on any atom is 0.243 e. The normalized spacial score (nSPS) is 24.0. The van der Waals surface area contributed by atoms with Crippen LogP contribution >= 0.6 is 0 Å². The average Bonchev–Trinajstić information content (AvgIpc) is 3.32. The molecule has 2 unspecified atom stereocenters. The van der Waals surface area contributed by atoms with E-state index in [0.717, 1.165) is 49.7 Å². The van der Waals surface area contributed by atoms with Gasteiger partial charge in [-0.25, -0.2) is 16.8 Å². The molecule has 66 heavy (non-hydrogen) atoms. The first-order valence-electron chi connectivity index (χ1n) is 23.4. The fourth-order valence-corrected chi connectivity index (χ4v) is 13.7. The maximum absolute atomic E-state index is 13.9. The summed E-state index contributed by atoms with van der Waals surface area (Å²) in [5.74, 6) is 0.478. The molecule has 14 heteroatoms. The first kappa shape index (κ1) is 46.7. The van der Waals surface area contributed by atoms with Crippen molar-refractivity contribution >= 4 is 30.8 Å². The van der Waals surface area contributed by atoms with Crippen molar-refractivity contribution in [3.8, 4) is 11.5 Å². The number of sulfonamides is 2. The fourth-order valence-electron chi connectivity index (χ4n) is 10.8. The Balaban J connectivity index is 0.924. The van der Waals surface area contributed by atoms with Crippen LogP contribution in [-0.2, 0) is 53.5 Å². The number of phenols is 2. The van der Waals surface area contributed by atoms with Crippen LogP contribution in [0.3, 0.4) is 0 Å². The molecule has 352 valence electrons. The Bertz CT molecular complexity index is 2830. The van der Waals surface area contributed by atoms with Crippen LogP contribution in [-0.4, -0.2) is 87.1 Å². The molecule has 5 N–H and O–H groups in total. The highest BCUT2D eigenvalue weighted by atomic mass is 32.2. The summed E-state index contributed by atoms with van der Waals surface area (Å²) in [6, 6.07) is 28.0. The summed E-state index contributed by atoms with van der Waals surface area (Å²) < 4.78 is 72.7. The van der Waals surface area contributed by atoms with Crippen LogP contribution in [0.1, 0.15) is 91.5 Å². The van der Waals surface area contributed by atoms with E-state index in [1.54, 1.807) is 32.9 Å². The third-order valence-electron chi connectivity index (χ3n) is 14.9. The number of nitrogens with two attached hydrogens (primary N) is 1. The number of rotatable bonds is 10. The predicted octanol–water partition coefficient (Wildman–Crippen LogP) is 7.69. The number of nitrogens with zero attached hydrogens (tertiary/aromatic N) is 2. The number of nitrogens with one attached hydrogen (secondary N) is 1. The van der Waals surface area contributed by atoms with Crippen molar-refractivity contribution < 1.29 is 36.5 Å². The molecule has 12 nitrogen and oxygen atoms in total. The third kappa shape index (κ3) is 8.68. The molecule has 0 amide bonds. The van der Waals surface area contributed by atoms with Crippen molar-refractivity contribution in [2.75, 3.05) is 39.3 Å². The number of benzene rings is 5. The largest absolute Gasteiger partial charge is 0.507 e. The summed E-state index contributed by atoms with van der Waals surface area (Å²) in [4.78, 5) is 0.576. The first-order chi connectivity index (χ1) is 31.4. The quantitative estimate of drug-likeness (QED) is 0.109. The van der Waals surface area contributed by atoms with Gasteiger partial charge in [-0.1, -0.05) is 87.5 Å². The molecule has 5 aromatic rings. The highest BCUT2D eigenvalue weighted by Gasteiger charge is 2.47. The number of fused-ring (bicyclic) bond motifs is 3. The number of ether oxygens (including phenoxy) is 2. The Labute approximate surface area is 390 Å². The minimum atomic E-state index is -3.73. The smallest absolute Gasteiger partial charge is 0.243 e. The molecule has 4 atom stereocenters. The van der Waals surface area contributed by atoms with Gasteiger partial charge >= 0.3 is 0 Å². The summed E-state index contributed by atoms with van der Waals surface area (Å²) in [5.41, 5.74) is 11.2. The van der Waals surface area contributed by atoms with Crippen molar-refractivity contribution in [2.24, 2.45) is 17.6 Å². The van der Waals surface area contributed by atoms with Gasteiger partial charge in [-0.05, 0) is 114 Å². The topological polar surface area (TPSA) is 172 Å². The van der Waals surface area contributed by atoms with Gasteiger partial charge in [0.05, 0.1) is 28.1 Å². The molecule has 0 saturated carbocycles. The Kier molecular flexibility index (Phi) is 12.7. The van der Waals surface area contributed by atoms with Crippen LogP contribution in [0.2, 0.25) is 0 Å². The van der Waals surface area contributed by atoms with Crippen LogP contribution in [0.15, 0.2) is 101 Å². The van der Waals surface area contributed by atoms with Crippen LogP contribution in [0.25, 0.3) is 10.8 Å². The van der Waals surface area contributed by atoms with Crippen molar-refractivity contribution in [1.29, 1.82) is 0 Å². The molecule has 0 aromatic heterocycles. The van der Waals surface area contributed by atoms with Gasteiger partial charge in [0.25, 0.3) is 0 Å². The molecule has 4 aliphatic rings. The Morgan fingerprint density at radius 1 is 0.697 bits per heavy atom. The lowest BCUT2D eigenvalue weighted by Crippen LogP contribution is -2.58. The molecule has 0 aliphatic carbocycles. The monoisotopic (exact) mass is 936 g/mol. The minimum Gasteiger partial charge on any atom is -0.507 e. The number of hydrogen-bond donors (Lipinski definition) is 4. The zero-order valence-electron chi connectivity index (χ0n) is 38.7. The molecular weight excluding hydrogens is 873 g/mol. The van der Waals surface area contributed by atoms with E-state index in [-0.39, 0.29) is 58.9 Å². The lowest BCUT2D eigenvalue weighted by atomic mass is 9.81. The summed E-state index contributed by atoms with van der Waals surface area (Å²) in [6.45, 7) is 11.8. The van der Waals surface area contributed by atoms with Gasteiger partial charge in [0, 0.05) is 68.8 Å². The van der Waals surface area contributed by atoms with E-state index in [1.165, 1.54) is 0 Å². The number of aromatic hydroxyl groups is 2. The Hall–Kier alpha value is -4.38. The van der Waals surface area contributed by atoms with Crippen LogP contribution in [0.4, 0.5) is 0 Å². The zero-order chi connectivity index (χ0) is 46.8. The van der Waals surface area contributed by atoms with Crippen LogP contribution in [0.5, 0.6) is 11.5 Å². The summed E-state index contributed by atoms with van der Waals surface area (Å²) in [5, 5.41) is 28.6. The van der Waals surface area contributed by atoms with Crippen molar-refractivity contribution in [3.63, 3.8) is 0 Å². The van der Waals surface area contributed by atoms with E-state index < -0.39 is 31.9 Å². The molecule has 0 spiro atoms. The van der Waals surface area contributed by atoms with Gasteiger partial charge in [0.1, 0.15) is 11.5 Å². The minimum absolute atomic E-state index is 0.0117. The number of piperidine rings is 2. The number of phenolic OH excluding ortho intramolecular Hbond substituents is 2. The van der Waals surface area contributed by atoms with E-state index in [0.29, 0.717) is 69.6 Å². The Morgan fingerprint density at radius 3 is 1.86 bits per heavy atom. The molecule has 4 heterocycles. The molecule has 2 saturated heterocycles. The molecule has 5 aromatic carbocycles. The molecule has 4 aliphatic heterocycles. The summed E-state index contributed by atoms with van der Waals surface area (Å²) in [6.07, 6.45) is 2.15. The van der Waals surface area contributed by atoms with E-state index in [1.807, 2.05) is 80.6 Å². The molecule has 9 rings (SSSR count). The van der Waals surface area contributed by atoms with Gasteiger partial charge in [0.15, 0.2) is 5.72 Å². The highest BCUT2D eigenvalue weighted by molar-refractivity contribution is 7.89. The first-order valence-corrected chi connectivity index (χ1v) is 26.3. The maximum atomic E-state index is 13.9. The lowest BCUT2D eigenvalue weighted by molar-refractivity contribution is -0.157. The van der Waals surface area contributed by atoms with Gasteiger partial charge < -0.3 is 25.4 Å². The van der Waals surface area contributed by atoms with Crippen LogP contribution < -0.4 is 11.1 Å². The molecular formula is C52H64N4O8S2. The van der Waals surface area contributed by atoms with E-state index in [2.05, 4.69) is 26.1 Å². The number of aryl methyl sites for hydroxylation is 2. The second-order valence-corrected chi connectivity index (χ2v) is 23.8. The van der Waals surface area contributed by atoms with E-state index in [9.17, 15) is 27.0 Å². The average molecular weight is 937 g/mol. The third-order valence-corrected chi connectivity index (χ3v) is 18.7. The van der Waals surface area contributed by atoms with Gasteiger partial charge in [-0.3, -0.25) is 5.32 Å². The van der Waals surface area contributed by atoms with Crippen molar-refractivity contribution in [2.45, 2.75) is 112 Å². The highest BCUT2D eigenvalue weighted by Crippen LogP contribution is 2.45. The fraction of sp³-hybridized carbons (Fsp3) is 0.462. The second-order valence-electron chi connectivity index (χ2n) is 20.0. The Morgan fingerprint density at radius 2 is 1.24 bits per heavy atom. The SMILES string of the molecule is Cc1ccc2c(c1O)C[C@@H](C1CCN(S(=O)(=O)c3ccc(C(C)(C)C)cc3)CC1)O[C@H]2CNC1(CN)OC(C2CCN(S(=O)(=O)c3ccc4ccccc4c3)CC2)Cc2c1ccc(C)c2O. The second kappa shape index (κ2) is 17.9. The zero-order valence-corrected chi connectivity index (χ0v) is 40.3.